The van der Waals surface area contributed by atoms with E-state index < -0.39 is 6.43 Å². The lowest BCUT2D eigenvalue weighted by molar-refractivity contribution is 0.0918. The van der Waals surface area contributed by atoms with Gasteiger partial charge in [-0.25, -0.2) is 8.78 Å². The summed E-state index contributed by atoms with van der Waals surface area (Å²) in [5.74, 6) is 0.681. The van der Waals surface area contributed by atoms with Crippen molar-refractivity contribution in [2.45, 2.75) is 45.1 Å². The van der Waals surface area contributed by atoms with Gasteiger partial charge in [0.25, 0.3) is 6.43 Å². The van der Waals surface area contributed by atoms with Crippen molar-refractivity contribution in [3.63, 3.8) is 0 Å². The van der Waals surface area contributed by atoms with Gasteiger partial charge in [0, 0.05) is 12.6 Å². The van der Waals surface area contributed by atoms with Crippen LogP contribution in [0, 0.1) is 5.92 Å². The number of nitrogens with one attached hydrogen (secondary N) is 1. The summed E-state index contributed by atoms with van der Waals surface area (Å²) < 4.78 is 24.5. The van der Waals surface area contributed by atoms with Crippen LogP contribution >= 0.6 is 0 Å². The van der Waals surface area contributed by atoms with Crippen LogP contribution in [0.3, 0.4) is 0 Å². The minimum Gasteiger partial charge on any atom is -0.313 e. The molecule has 1 saturated carbocycles. The Morgan fingerprint density at radius 3 is 2.38 bits per heavy atom. The number of rotatable bonds is 7. The van der Waals surface area contributed by atoms with Gasteiger partial charge in [0.2, 0.25) is 0 Å². The zero-order chi connectivity index (χ0) is 12.0. The van der Waals surface area contributed by atoms with Gasteiger partial charge in [0.1, 0.15) is 0 Å². The molecule has 1 rings (SSSR count). The second-order valence-corrected chi connectivity index (χ2v) is 4.82. The highest BCUT2D eigenvalue weighted by Crippen LogP contribution is 2.28. The molecule has 0 bridgehead atoms. The monoisotopic (exact) mass is 234 g/mol. The van der Waals surface area contributed by atoms with Crippen LogP contribution in [0.4, 0.5) is 8.78 Å². The van der Waals surface area contributed by atoms with Crippen molar-refractivity contribution in [1.29, 1.82) is 0 Å². The van der Waals surface area contributed by atoms with Crippen LogP contribution < -0.4 is 5.32 Å². The summed E-state index contributed by atoms with van der Waals surface area (Å²) in [6.07, 6.45) is 2.87. The number of alkyl halides is 2. The first kappa shape index (κ1) is 13.8. The molecular formula is C12H24F2N2. The topological polar surface area (TPSA) is 15.3 Å². The van der Waals surface area contributed by atoms with E-state index in [4.69, 9.17) is 0 Å². The predicted molar refractivity (Wildman–Crippen MR) is 62.9 cm³/mol. The van der Waals surface area contributed by atoms with Crippen molar-refractivity contribution in [2.75, 3.05) is 26.7 Å². The average molecular weight is 234 g/mol. The fourth-order valence-corrected chi connectivity index (χ4v) is 2.65. The highest BCUT2D eigenvalue weighted by molar-refractivity contribution is 4.82. The molecular weight excluding hydrogens is 210 g/mol. The third-order valence-electron chi connectivity index (χ3n) is 3.39. The molecule has 0 aromatic carbocycles. The van der Waals surface area contributed by atoms with Crippen LogP contribution in [0.15, 0.2) is 0 Å². The molecule has 0 spiro atoms. The highest BCUT2D eigenvalue weighted by atomic mass is 19.3. The first-order chi connectivity index (χ1) is 7.63. The van der Waals surface area contributed by atoms with E-state index in [0.717, 1.165) is 13.1 Å². The molecule has 16 heavy (non-hydrogen) atoms. The van der Waals surface area contributed by atoms with E-state index in [2.05, 4.69) is 12.2 Å². The normalized spacial score (nSPS) is 19.9. The fourth-order valence-electron chi connectivity index (χ4n) is 2.65. The third-order valence-corrected chi connectivity index (χ3v) is 3.39. The summed E-state index contributed by atoms with van der Waals surface area (Å²) in [7, 11) is 1.78. The molecule has 4 heteroatoms. The Kier molecular flexibility index (Phi) is 6.21. The van der Waals surface area contributed by atoms with Gasteiger partial charge in [-0.2, -0.15) is 0 Å². The molecule has 0 aliphatic heterocycles. The number of likely N-dealkylation sites (N-methyl/N-ethyl adjacent to an activating group) is 2. The zero-order valence-electron chi connectivity index (χ0n) is 10.4. The Morgan fingerprint density at radius 1 is 1.25 bits per heavy atom. The second-order valence-electron chi connectivity index (χ2n) is 4.82. The highest BCUT2D eigenvalue weighted by Gasteiger charge is 2.25. The van der Waals surface area contributed by atoms with Crippen LogP contribution in [-0.2, 0) is 0 Å². The van der Waals surface area contributed by atoms with Gasteiger partial charge in [-0.1, -0.05) is 19.8 Å². The van der Waals surface area contributed by atoms with Crippen molar-refractivity contribution >= 4 is 0 Å². The fraction of sp³-hybridized carbons (Fsp3) is 1.00. The van der Waals surface area contributed by atoms with E-state index in [-0.39, 0.29) is 6.54 Å². The molecule has 0 aromatic heterocycles. The molecule has 1 atom stereocenters. The Labute approximate surface area is 97.4 Å². The number of nitrogens with zero attached hydrogens (tertiary/aromatic N) is 1. The molecule has 0 saturated heterocycles. The summed E-state index contributed by atoms with van der Waals surface area (Å²) >= 11 is 0. The van der Waals surface area contributed by atoms with E-state index in [1.807, 2.05) is 0 Å². The van der Waals surface area contributed by atoms with Gasteiger partial charge in [-0.3, -0.25) is 4.90 Å². The summed E-state index contributed by atoms with van der Waals surface area (Å²) in [5.41, 5.74) is 0. The Balaban J connectivity index is 2.37. The number of halogens is 2. The molecule has 1 N–H and O–H groups in total. The maximum Gasteiger partial charge on any atom is 0.251 e. The number of hydrogen-bond donors (Lipinski definition) is 1. The maximum absolute atomic E-state index is 12.2. The first-order valence-electron chi connectivity index (χ1n) is 6.33. The molecule has 0 amide bonds. The maximum atomic E-state index is 12.2. The van der Waals surface area contributed by atoms with Crippen molar-refractivity contribution in [2.24, 2.45) is 5.92 Å². The van der Waals surface area contributed by atoms with Crippen LogP contribution in [0.25, 0.3) is 0 Å². The first-order valence-corrected chi connectivity index (χ1v) is 6.33. The third kappa shape index (κ3) is 4.74. The van der Waals surface area contributed by atoms with E-state index in [1.54, 1.807) is 11.9 Å². The summed E-state index contributed by atoms with van der Waals surface area (Å²) in [4.78, 5) is 1.75. The predicted octanol–water partition coefficient (Wildman–Crippen LogP) is 2.35. The molecule has 96 valence electrons. The summed E-state index contributed by atoms with van der Waals surface area (Å²) in [5, 5.41) is 3.44. The molecule has 1 aliphatic carbocycles. The molecule has 2 nitrogen and oxygen atoms in total. The van der Waals surface area contributed by atoms with Gasteiger partial charge in [0.05, 0.1) is 6.54 Å². The minimum absolute atomic E-state index is 0.116. The summed E-state index contributed by atoms with van der Waals surface area (Å²) in [6.45, 7) is 3.62. The van der Waals surface area contributed by atoms with Gasteiger partial charge in [-0.15, -0.1) is 0 Å². The molecule has 0 radical (unpaired) electrons. The largest absolute Gasteiger partial charge is 0.313 e. The SMILES string of the molecule is CCNC(CN(C)CC(F)F)C1CCCC1. The van der Waals surface area contributed by atoms with Crippen molar-refractivity contribution in [1.82, 2.24) is 10.2 Å². The van der Waals surface area contributed by atoms with Gasteiger partial charge < -0.3 is 5.32 Å². The van der Waals surface area contributed by atoms with E-state index in [9.17, 15) is 8.78 Å². The standard InChI is InChI=1S/C12H24F2N2/c1-3-15-11(10-6-4-5-7-10)8-16(2)9-12(13)14/h10-12,15H,3-9H2,1-2H3. The van der Waals surface area contributed by atoms with Crippen molar-refractivity contribution < 1.29 is 8.78 Å². The zero-order valence-corrected chi connectivity index (χ0v) is 10.4. The van der Waals surface area contributed by atoms with Crippen LogP contribution in [0.1, 0.15) is 32.6 Å². The molecule has 0 aromatic rings. The van der Waals surface area contributed by atoms with Crippen molar-refractivity contribution in [3.8, 4) is 0 Å². The Bertz CT molecular complexity index is 182. The average Bonchev–Trinajstić information content (AvgIpc) is 2.68. The van der Waals surface area contributed by atoms with Crippen LogP contribution in [-0.4, -0.2) is 44.0 Å². The Morgan fingerprint density at radius 2 is 1.88 bits per heavy atom. The van der Waals surface area contributed by atoms with Crippen LogP contribution in [0.5, 0.6) is 0 Å². The molecule has 1 aliphatic rings. The summed E-state index contributed by atoms with van der Waals surface area (Å²) in [6, 6.07) is 0.385. The minimum atomic E-state index is -2.23. The smallest absolute Gasteiger partial charge is 0.251 e. The Hall–Kier alpha value is -0.220. The molecule has 1 unspecified atom stereocenters. The van der Waals surface area contributed by atoms with E-state index in [1.165, 1.54) is 25.7 Å². The van der Waals surface area contributed by atoms with Gasteiger partial charge in [0.15, 0.2) is 0 Å². The molecule has 0 heterocycles. The molecule has 1 fully saturated rings. The van der Waals surface area contributed by atoms with E-state index >= 15 is 0 Å². The van der Waals surface area contributed by atoms with Crippen molar-refractivity contribution in [3.05, 3.63) is 0 Å². The lowest BCUT2D eigenvalue weighted by Crippen LogP contribution is -2.44. The number of hydrogen-bond acceptors (Lipinski definition) is 2. The second kappa shape index (κ2) is 7.17. The lowest BCUT2D eigenvalue weighted by atomic mass is 9.97. The van der Waals surface area contributed by atoms with Crippen LogP contribution in [0.2, 0.25) is 0 Å². The van der Waals surface area contributed by atoms with Gasteiger partial charge in [-0.05, 0) is 32.4 Å². The van der Waals surface area contributed by atoms with Gasteiger partial charge >= 0.3 is 0 Å². The van der Waals surface area contributed by atoms with E-state index in [0.29, 0.717) is 12.0 Å². The lowest BCUT2D eigenvalue weighted by Gasteiger charge is -2.29. The quantitative estimate of drug-likeness (QED) is 0.727.